The molecule has 8 heteroatoms. The van der Waals surface area contributed by atoms with E-state index in [1.54, 1.807) is 50.2 Å². The fourth-order valence-corrected chi connectivity index (χ4v) is 2.95. The number of hydrogen-bond donors (Lipinski definition) is 0. The highest BCUT2D eigenvalue weighted by Crippen LogP contribution is 2.48. The van der Waals surface area contributed by atoms with E-state index in [2.05, 4.69) is 9.05 Å². The van der Waals surface area contributed by atoms with E-state index in [0.717, 1.165) is 19.8 Å². The lowest BCUT2D eigenvalue weighted by atomic mass is 9.99. The maximum atomic E-state index is 12.6. The van der Waals surface area contributed by atoms with E-state index in [9.17, 15) is 14.2 Å². The van der Waals surface area contributed by atoms with Gasteiger partial charge in [0.2, 0.25) is 0 Å². The van der Waals surface area contributed by atoms with Crippen LogP contribution in [0.1, 0.15) is 31.8 Å². The van der Waals surface area contributed by atoms with Crippen molar-refractivity contribution in [2.45, 2.75) is 13.8 Å². The number of benzene rings is 2. The van der Waals surface area contributed by atoms with Crippen molar-refractivity contribution in [2.24, 2.45) is 0 Å². The molecule has 0 radical (unpaired) electrons. The molecule has 0 N–H and O–H groups in total. The Morgan fingerprint density at radius 3 is 2.12 bits per heavy atom. The van der Waals surface area contributed by atoms with Crippen molar-refractivity contribution < 1.29 is 32.5 Å². The van der Waals surface area contributed by atoms with Gasteiger partial charge in [0, 0.05) is 14.2 Å². The fraction of sp³-hybridized carbons (Fsp3) is 0.222. The minimum Gasteiger partial charge on any atom is -0.423 e. The number of phosphoric acid groups is 1. The van der Waals surface area contributed by atoms with Crippen molar-refractivity contribution in [2.75, 3.05) is 14.2 Å². The molecule has 2 aromatic carbocycles. The predicted octanol–water partition coefficient (Wildman–Crippen LogP) is 4.08. The summed E-state index contributed by atoms with van der Waals surface area (Å²) in [5.74, 6) is -1.41. The average molecular weight is 378 g/mol. The van der Waals surface area contributed by atoms with Crippen LogP contribution in [0, 0.1) is 13.8 Å². The number of ether oxygens (including phenoxy) is 1. The summed E-state index contributed by atoms with van der Waals surface area (Å²) >= 11 is 0. The van der Waals surface area contributed by atoms with E-state index in [-0.39, 0.29) is 11.1 Å². The molecule has 0 unspecified atom stereocenters. The number of carbonyl (C=O) groups excluding carboxylic acids is 2. The standard InChI is InChI=1S/C18H19O7P/c1-12-10-13(2)16(18(20)24-14-8-6-5-7-9-14)15(11-12)17(19)25-26(21,22-3)23-4/h5-11H,1-4H3. The molecule has 0 heterocycles. The lowest BCUT2D eigenvalue weighted by molar-refractivity contribution is 0.0623. The molecule has 0 aliphatic carbocycles. The van der Waals surface area contributed by atoms with Gasteiger partial charge in [0.25, 0.3) is 0 Å². The molecule has 2 rings (SSSR count). The molecular weight excluding hydrogens is 359 g/mol. The quantitative estimate of drug-likeness (QED) is 0.425. The Labute approximate surface area is 151 Å². The first-order valence-corrected chi connectivity index (χ1v) is 9.09. The molecule has 2 aromatic rings. The second-order valence-corrected chi connectivity index (χ2v) is 7.21. The zero-order chi connectivity index (χ0) is 19.3. The predicted molar refractivity (Wildman–Crippen MR) is 94.4 cm³/mol. The molecular formula is C18H19O7P. The number of aryl methyl sites for hydroxylation is 2. The molecule has 7 nitrogen and oxygen atoms in total. The molecule has 0 aromatic heterocycles. The van der Waals surface area contributed by atoms with Gasteiger partial charge in [-0.15, -0.1) is 0 Å². The van der Waals surface area contributed by atoms with Crippen LogP contribution in [-0.2, 0) is 18.1 Å². The average Bonchev–Trinajstić information content (AvgIpc) is 2.61. The van der Waals surface area contributed by atoms with Gasteiger partial charge >= 0.3 is 19.8 Å². The third-order valence-electron chi connectivity index (χ3n) is 3.50. The first-order valence-electron chi connectivity index (χ1n) is 7.63. The number of esters is 1. The zero-order valence-corrected chi connectivity index (χ0v) is 15.7. The molecule has 0 saturated carbocycles. The summed E-state index contributed by atoms with van der Waals surface area (Å²) in [6, 6.07) is 11.6. The van der Waals surface area contributed by atoms with Gasteiger partial charge in [-0.05, 0) is 43.2 Å². The fourth-order valence-electron chi connectivity index (χ4n) is 2.35. The number of para-hydroxylation sites is 1. The Kier molecular flexibility index (Phi) is 6.32. The lowest BCUT2D eigenvalue weighted by Gasteiger charge is -2.16. The van der Waals surface area contributed by atoms with Crippen LogP contribution in [0.25, 0.3) is 0 Å². The molecule has 0 aliphatic rings. The van der Waals surface area contributed by atoms with Crippen molar-refractivity contribution >= 4 is 19.8 Å². The van der Waals surface area contributed by atoms with E-state index < -0.39 is 19.8 Å². The van der Waals surface area contributed by atoms with Crippen molar-refractivity contribution in [1.29, 1.82) is 0 Å². The smallest absolute Gasteiger partial charge is 0.423 e. The maximum absolute atomic E-state index is 12.6. The normalized spacial score (nSPS) is 11.1. The van der Waals surface area contributed by atoms with Crippen LogP contribution in [0.4, 0.5) is 0 Å². The van der Waals surface area contributed by atoms with Crippen molar-refractivity contribution in [3.8, 4) is 5.75 Å². The maximum Gasteiger partial charge on any atom is 0.531 e. The molecule has 138 valence electrons. The highest BCUT2D eigenvalue weighted by Gasteiger charge is 2.31. The van der Waals surface area contributed by atoms with Gasteiger partial charge in [-0.3, -0.25) is 9.05 Å². The first kappa shape index (κ1) is 19.8. The largest absolute Gasteiger partial charge is 0.531 e. The van der Waals surface area contributed by atoms with Gasteiger partial charge in [-0.25, -0.2) is 14.2 Å². The molecule has 26 heavy (non-hydrogen) atoms. The number of hydrogen-bond acceptors (Lipinski definition) is 7. The molecule has 0 fully saturated rings. The number of rotatable bonds is 6. The molecule has 0 atom stereocenters. The Hall–Kier alpha value is -2.47. The van der Waals surface area contributed by atoms with E-state index >= 15 is 0 Å². The Bertz CT molecular complexity index is 853. The summed E-state index contributed by atoms with van der Waals surface area (Å²) in [6.07, 6.45) is 0. The molecule has 0 bridgehead atoms. The van der Waals surface area contributed by atoms with Crippen LogP contribution in [-0.4, -0.2) is 26.2 Å². The van der Waals surface area contributed by atoms with Gasteiger partial charge in [-0.1, -0.05) is 24.3 Å². The van der Waals surface area contributed by atoms with Gasteiger partial charge in [0.05, 0.1) is 11.1 Å². The summed E-state index contributed by atoms with van der Waals surface area (Å²) < 4.78 is 31.4. The van der Waals surface area contributed by atoms with Gasteiger partial charge in [0.15, 0.2) is 0 Å². The second kappa shape index (κ2) is 8.27. The van der Waals surface area contributed by atoms with Crippen LogP contribution in [0.2, 0.25) is 0 Å². The SMILES string of the molecule is COP(=O)(OC)OC(=O)c1cc(C)cc(C)c1C(=O)Oc1ccccc1. The van der Waals surface area contributed by atoms with E-state index in [1.807, 2.05) is 0 Å². The van der Waals surface area contributed by atoms with E-state index in [0.29, 0.717) is 11.3 Å². The summed E-state index contributed by atoms with van der Waals surface area (Å²) in [7, 11) is -1.88. The molecule has 0 amide bonds. The van der Waals surface area contributed by atoms with Crippen LogP contribution in [0.3, 0.4) is 0 Å². The Balaban J connectivity index is 2.42. The van der Waals surface area contributed by atoms with Crippen LogP contribution >= 0.6 is 7.82 Å². The second-order valence-electron chi connectivity index (χ2n) is 5.40. The van der Waals surface area contributed by atoms with Crippen LogP contribution in [0.5, 0.6) is 5.75 Å². The lowest BCUT2D eigenvalue weighted by Crippen LogP contribution is -2.18. The summed E-state index contributed by atoms with van der Waals surface area (Å²) in [6.45, 7) is 3.42. The van der Waals surface area contributed by atoms with Gasteiger partial charge in [0.1, 0.15) is 5.75 Å². The van der Waals surface area contributed by atoms with Crippen LogP contribution < -0.4 is 4.74 Å². The topological polar surface area (TPSA) is 88.1 Å². The zero-order valence-electron chi connectivity index (χ0n) is 14.8. The monoisotopic (exact) mass is 378 g/mol. The molecule has 0 spiro atoms. The number of carbonyl (C=O) groups is 2. The van der Waals surface area contributed by atoms with E-state index in [1.165, 1.54) is 6.07 Å². The van der Waals surface area contributed by atoms with Gasteiger partial charge < -0.3 is 9.26 Å². The third-order valence-corrected chi connectivity index (χ3v) is 4.78. The van der Waals surface area contributed by atoms with Gasteiger partial charge in [-0.2, -0.15) is 0 Å². The van der Waals surface area contributed by atoms with Crippen LogP contribution in [0.15, 0.2) is 42.5 Å². The Morgan fingerprint density at radius 1 is 0.923 bits per heavy atom. The van der Waals surface area contributed by atoms with Crippen molar-refractivity contribution in [3.63, 3.8) is 0 Å². The van der Waals surface area contributed by atoms with Crippen molar-refractivity contribution in [1.82, 2.24) is 0 Å². The molecule has 0 aliphatic heterocycles. The van der Waals surface area contributed by atoms with Crippen molar-refractivity contribution in [3.05, 3.63) is 64.7 Å². The van der Waals surface area contributed by atoms with E-state index in [4.69, 9.17) is 9.26 Å². The summed E-state index contributed by atoms with van der Waals surface area (Å²) in [5.41, 5.74) is 1.17. The summed E-state index contributed by atoms with van der Waals surface area (Å²) in [5, 5.41) is 0. The Morgan fingerprint density at radius 2 is 1.54 bits per heavy atom. The molecule has 0 saturated heterocycles. The summed E-state index contributed by atoms with van der Waals surface area (Å²) in [4.78, 5) is 25.1. The number of phosphoric ester groups is 1. The minimum atomic E-state index is -4.05. The first-order chi connectivity index (χ1) is 12.3. The third kappa shape index (κ3) is 4.58. The highest BCUT2D eigenvalue weighted by molar-refractivity contribution is 7.49. The highest BCUT2D eigenvalue weighted by atomic mass is 31.2. The minimum absolute atomic E-state index is 0.0169.